The third-order valence-electron chi connectivity index (χ3n) is 4.95. The average molecular weight is 447 g/mol. The van der Waals surface area contributed by atoms with Crippen molar-refractivity contribution in [2.45, 2.75) is 33.0 Å². The number of nitrogens with zero attached hydrogens (tertiary/aromatic N) is 1. The second-order valence-electron chi connectivity index (χ2n) is 7.38. The molecule has 0 radical (unpaired) electrons. The Morgan fingerprint density at radius 2 is 1.74 bits per heavy atom. The van der Waals surface area contributed by atoms with Crippen LogP contribution in [0.5, 0.6) is 5.75 Å². The van der Waals surface area contributed by atoms with Gasteiger partial charge < -0.3 is 24.4 Å². The summed E-state index contributed by atoms with van der Waals surface area (Å²) in [5.41, 5.74) is 2.51. The fourth-order valence-corrected chi connectivity index (χ4v) is 3.35. The van der Waals surface area contributed by atoms with Crippen LogP contribution in [0.4, 0.5) is 11.4 Å². The van der Waals surface area contributed by atoms with Gasteiger partial charge in [-0.05, 0) is 68.8 Å². The Hall–Kier alpha value is -2.77. The van der Waals surface area contributed by atoms with E-state index in [2.05, 4.69) is 10.2 Å². The van der Waals surface area contributed by atoms with Gasteiger partial charge in [0, 0.05) is 29.5 Å². The molecule has 1 amide bonds. The standard InChI is InChI=1S/C23H27ClN2O5/c1-15-14-18(24)4-9-21(15)30-17(3)23(28)31-16(2)22(27)25-19-5-7-20(8-6-19)26-10-12-29-13-11-26/h4-9,14,16-17H,10-13H2,1-3H3,(H,25,27). The van der Waals surface area contributed by atoms with E-state index in [1.165, 1.54) is 6.92 Å². The second kappa shape index (κ2) is 10.5. The van der Waals surface area contributed by atoms with Crippen molar-refractivity contribution in [3.8, 4) is 5.75 Å². The number of hydrogen-bond donors (Lipinski definition) is 1. The van der Waals surface area contributed by atoms with E-state index in [1.54, 1.807) is 25.1 Å². The van der Waals surface area contributed by atoms with E-state index in [-0.39, 0.29) is 0 Å². The molecule has 2 atom stereocenters. The summed E-state index contributed by atoms with van der Waals surface area (Å²) in [6.07, 6.45) is -1.84. The summed E-state index contributed by atoms with van der Waals surface area (Å²) in [4.78, 5) is 27.0. The van der Waals surface area contributed by atoms with Crippen LogP contribution in [0.2, 0.25) is 5.02 Å². The molecule has 3 rings (SSSR count). The highest BCUT2D eigenvalue weighted by atomic mass is 35.5. The molecular weight excluding hydrogens is 420 g/mol. The van der Waals surface area contributed by atoms with Gasteiger partial charge >= 0.3 is 5.97 Å². The van der Waals surface area contributed by atoms with Gasteiger partial charge in [-0.15, -0.1) is 0 Å². The minimum atomic E-state index is -0.969. The fourth-order valence-electron chi connectivity index (χ4n) is 3.13. The van der Waals surface area contributed by atoms with E-state index in [0.717, 1.165) is 24.3 Å². The van der Waals surface area contributed by atoms with Crippen molar-refractivity contribution in [3.05, 3.63) is 53.1 Å². The number of anilines is 2. The number of aryl methyl sites for hydroxylation is 1. The lowest BCUT2D eigenvalue weighted by Crippen LogP contribution is -2.36. The molecule has 0 aliphatic carbocycles. The van der Waals surface area contributed by atoms with Crippen LogP contribution < -0.4 is 15.0 Å². The Kier molecular flexibility index (Phi) is 7.76. The lowest BCUT2D eigenvalue weighted by molar-refractivity contribution is -0.159. The van der Waals surface area contributed by atoms with Gasteiger partial charge in [-0.2, -0.15) is 0 Å². The van der Waals surface area contributed by atoms with Gasteiger partial charge in [0.15, 0.2) is 12.2 Å². The number of carbonyl (C=O) groups excluding carboxylic acids is 2. The predicted octanol–water partition coefficient (Wildman–Crippen LogP) is 3.82. The lowest BCUT2D eigenvalue weighted by Gasteiger charge is -2.29. The van der Waals surface area contributed by atoms with Crippen LogP contribution >= 0.6 is 11.6 Å². The molecule has 7 nitrogen and oxygen atoms in total. The van der Waals surface area contributed by atoms with Gasteiger partial charge in [-0.1, -0.05) is 11.6 Å². The maximum absolute atomic E-state index is 12.4. The monoisotopic (exact) mass is 446 g/mol. The predicted molar refractivity (Wildman–Crippen MR) is 120 cm³/mol. The molecular formula is C23H27ClN2O5. The highest BCUT2D eigenvalue weighted by molar-refractivity contribution is 6.30. The molecule has 166 valence electrons. The highest BCUT2D eigenvalue weighted by Crippen LogP contribution is 2.23. The number of halogens is 1. The largest absolute Gasteiger partial charge is 0.479 e. The molecule has 2 aromatic carbocycles. The lowest BCUT2D eigenvalue weighted by atomic mass is 10.2. The molecule has 1 heterocycles. The van der Waals surface area contributed by atoms with Crippen molar-refractivity contribution in [1.82, 2.24) is 0 Å². The zero-order valence-corrected chi connectivity index (χ0v) is 18.6. The molecule has 1 fully saturated rings. The van der Waals surface area contributed by atoms with Crippen molar-refractivity contribution in [2.24, 2.45) is 0 Å². The van der Waals surface area contributed by atoms with Crippen LogP contribution in [0.15, 0.2) is 42.5 Å². The molecule has 8 heteroatoms. The third-order valence-corrected chi connectivity index (χ3v) is 5.18. The van der Waals surface area contributed by atoms with E-state index in [0.29, 0.717) is 29.7 Å². The van der Waals surface area contributed by atoms with Gasteiger partial charge in [0.05, 0.1) is 13.2 Å². The number of ether oxygens (including phenoxy) is 3. The summed E-state index contributed by atoms with van der Waals surface area (Å²) >= 11 is 5.94. The smallest absolute Gasteiger partial charge is 0.347 e. The van der Waals surface area contributed by atoms with Crippen molar-refractivity contribution in [1.29, 1.82) is 0 Å². The molecule has 0 spiro atoms. The Morgan fingerprint density at radius 1 is 1.06 bits per heavy atom. The summed E-state index contributed by atoms with van der Waals surface area (Å²) in [6, 6.07) is 12.7. The zero-order chi connectivity index (χ0) is 22.4. The van der Waals surface area contributed by atoms with E-state index in [1.807, 2.05) is 31.2 Å². The molecule has 1 saturated heterocycles. The summed E-state index contributed by atoms with van der Waals surface area (Å²) in [6.45, 7) is 8.03. The Morgan fingerprint density at radius 3 is 2.39 bits per heavy atom. The maximum Gasteiger partial charge on any atom is 0.347 e. The first-order valence-electron chi connectivity index (χ1n) is 10.2. The molecule has 0 saturated carbocycles. The first-order chi connectivity index (χ1) is 14.8. The molecule has 1 N–H and O–H groups in total. The van der Waals surface area contributed by atoms with Crippen LogP contribution in [0.1, 0.15) is 19.4 Å². The number of esters is 1. The SMILES string of the molecule is Cc1cc(Cl)ccc1OC(C)C(=O)OC(C)C(=O)Nc1ccc(N2CCOCC2)cc1. The van der Waals surface area contributed by atoms with Gasteiger partial charge in [0.2, 0.25) is 0 Å². The van der Waals surface area contributed by atoms with E-state index >= 15 is 0 Å². The van der Waals surface area contributed by atoms with Crippen molar-refractivity contribution in [2.75, 3.05) is 36.5 Å². The van der Waals surface area contributed by atoms with Crippen LogP contribution in [-0.4, -0.2) is 50.4 Å². The molecule has 0 bridgehead atoms. The Bertz CT molecular complexity index is 913. The van der Waals surface area contributed by atoms with E-state index in [9.17, 15) is 9.59 Å². The third kappa shape index (κ3) is 6.35. The number of nitrogens with one attached hydrogen (secondary N) is 1. The molecule has 2 unspecified atom stereocenters. The molecule has 2 aromatic rings. The van der Waals surface area contributed by atoms with Crippen LogP contribution in [-0.2, 0) is 19.1 Å². The van der Waals surface area contributed by atoms with E-state index < -0.39 is 24.1 Å². The molecule has 1 aliphatic rings. The number of amides is 1. The normalized spacial score (nSPS) is 15.7. The first kappa shape index (κ1) is 22.9. The first-order valence-corrected chi connectivity index (χ1v) is 10.6. The van der Waals surface area contributed by atoms with Gasteiger partial charge in [0.25, 0.3) is 5.91 Å². The topological polar surface area (TPSA) is 77.1 Å². The molecule has 1 aliphatic heterocycles. The van der Waals surface area contributed by atoms with Gasteiger partial charge in [-0.25, -0.2) is 4.79 Å². The quantitative estimate of drug-likeness (QED) is 0.651. The second-order valence-corrected chi connectivity index (χ2v) is 7.82. The van der Waals surface area contributed by atoms with E-state index in [4.69, 9.17) is 25.8 Å². The number of rotatable bonds is 7. The number of carbonyl (C=O) groups is 2. The van der Waals surface area contributed by atoms with Crippen LogP contribution in [0.25, 0.3) is 0 Å². The van der Waals surface area contributed by atoms with Crippen molar-refractivity contribution >= 4 is 34.9 Å². The van der Waals surface area contributed by atoms with Crippen LogP contribution in [0.3, 0.4) is 0 Å². The van der Waals surface area contributed by atoms with Gasteiger partial charge in [-0.3, -0.25) is 4.79 Å². The van der Waals surface area contributed by atoms with Crippen molar-refractivity contribution in [3.63, 3.8) is 0 Å². The molecule has 0 aromatic heterocycles. The van der Waals surface area contributed by atoms with Gasteiger partial charge in [0.1, 0.15) is 5.75 Å². The van der Waals surface area contributed by atoms with Crippen LogP contribution in [0, 0.1) is 6.92 Å². The summed E-state index contributed by atoms with van der Waals surface area (Å²) in [7, 11) is 0. The summed E-state index contributed by atoms with van der Waals surface area (Å²) < 4.78 is 16.3. The maximum atomic E-state index is 12.4. The number of benzene rings is 2. The minimum absolute atomic E-state index is 0.414. The van der Waals surface area contributed by atoms with Crippen molar-refractivity contribution < 1.29 is 23.8 Å². The molecule has 31 heavy (non-hydrogen) atoms. The summed E-state index contributed by atoms with van der Waals surface area (Å²) in [5.74, 6) is -0.506. The minimum Gasteiger partial charge on any atom is -0.479 e. The summed E-state index contributed by atoms with van der Waals surface area (Å²) in [5, 5.41) is 3.35. The Balaban J connectivity index is 1.50. The number of hydrogen-bond acceptors (Lipinski definition) is 6. The fraction of sp³-hybridized carbons (Fsp3) is 0.391. The average Bonchev–Trinajstić information content (AvgIpc) is 2.76. The zero-order valence-electron chi connectivity index (χ0n) is 17.9. The highest BCUT2D eigenvalue weighted by Gasteiger charge is 2.24. The Labute approximate surface area is 187 Å². The number of morpholine rings is 1.